The van der Waals surface area contributed by atoms with Crippen molar-refractivity contribution in [2.45, 2.75) is 69.5 Å². The van der Waals surface area contributed by atoms with Gasteiger partial charge in [-0.3, -0.25) is 9.69 Å². The number of benzene rings is 2. The quantitative estimate of drug-likeness (QED) is 0.417. The fourth-order valence-corrected chi connectivity index (χ4v) is 7.09. The van der Waals surface area contributed by atoms with Crippen LogP contribution < -0.4 is 9.46 Å². The molecule has 3 aliphatic rings. The zero-order valence-corrected chi connectivity index (χ0v) is 23.2. The van der Waals surface area contributed by atoms with Gasteiger partial charge in [0.15, 0.2) is 0 Å². The Morgan fingerprint density at radius 1 is 1.08 bits per heavy atom. The number of nitrogens with one attached hydrogen (secondary N) is 1. The van der Waals surface area contributed by atoms with Crippen molar-refractivity contribution in [1.29, 1.82) is 0 Å². The number of sulfonamides is 1. The number of carbonyl (C=O) groups excluding carboxylic acids is 1. The molecule has 4 atom stereocenters. The number of hydrogen-bond acceptors (Lipinski definition) is 5. The lowest BCUT2D eigenvalue weighted by Crippen LogP contribution is -2.45. The van der Waals surface area contributed by atoms with Gasteiger partial charge in [-0.05, 0) is 92.7 Å². The lowest BCUT2D eigenvalue weighted by Gasteiger charge is -2.42. The molecule has 1 aliphatic carbocycles. The van der Waals surface area contributed by atoms with E-state index in [1.54, 1.807) is 6.07 Å². The summed E-state index contributed by atoms with van der Waals surface area (Å²) < 4.78 is 45.8. The number of ether oxygens (including phenoxy) is 1. The van der Waals surface area contributed by atoms with Gasteiger partial charge in [-0.25, -0.2) is 17.5 Å². The molecule has 0 radical (unpaired) electrons. The molecule has 6 nitrogen and oxygen atoms in total. The average molecular weight is 570 g/mol. The molecule has 2 aliphatic heterocycles. The molecule has 200 valence electrons. The largest absolute Gasteiger partial charge is 0.493 e. The number of nitrogens with zero attached hydrogens (tertiary/aromatic N) is 1. The number of rotatable bonds is 8. The average Bonchev–Trinajstić information content (AvgIpc) is 3.60. The van der Waals surface area contributed by atoms with E-state index < -0.39 is 21.7 Å². The maximum absolute atomic E-state index is 14.8. The highest BCUT2D eigenvalue weighted by atomic mass is 35.5. The van der Waals surface area contributed by atoms with Gasteiger partial charge >= 0.3 is 0 Å². The zero-order valence-electron chi connectivity index (χ0n) is 20.8. The number of amides is 1. The van der Waals surface area contributed by atoms with Crippen LogP contribution in [-0.2, 0) is 10.0 Å². The van der Waals surface area contributed by atoms with Crippen LogP contribution in [0.4, 0.5) is 4.39 Å². The lowest BCUT2D eigenvalue weighted by molar-refractivity contribution is 0.0492. The van der Waals surface area contributed by atoms with Crippen molar-refractivity contribution in [2.75, 3.05) is 12.9 Å². The van der Waals surface area contributed by atoms with Gasteiger partial charge in [0.05, 0.1) is 18.4 Å². The van der Waals surface area contributed by atoms with Crippen LogP contribution in [0.2, 0.25) is 10.0 Å². The maximum atomic E-state index is 14.8. The summed E-state index contributed by atoms with van der Waals surface area (Å²) in [6, 6.07) is 9.48. The van der Waals surface area contributed by atoms with Crippen LogP contribution >= 0.6 is 23.2 Å². The third kappa shape index (κ3) is 6.08. The van der Waals surface area contributed by atoms with Crippen LogP contribution in [0.15, 0.2) is 30.3 Å². The third-order valence-corrected chi connectivity index (χ3v) is 8.81. The van der Waals surface area contributed by atoms with Gasteiger partial charge in [0.1, 0.15) is 11.6 Å². The Bertz CT molecular complexity index is 1280. The zero-order chi connectivity index (χ0) is 26.5. The predicted molar refractivity (Wildman–Crippen MR) is 142 cm³/mol. The number of hydrogen-bond donors (Lipinski definition) is 1. The SMILES string of the molecule is C[C@H](c1cc(Cl)cc(Cl)c1)N1C2CC[C@@H]1C[C@@H](COc1cc(F)c(C(=O)NS(C)(=O)=O)cc1C1CC1)C2. The second kappa shape index (κ2) is 10.4. The van der Waals surface area contributed by atoms with E-state index >= 15 is 0 Å². The van der Waals surface area contributed by atoms with E-state index in [4.69, 9.17) is 27.9 Å². The van der Waals surface area contributed by atoms with Gasteiger partial charge in [0.2, 0.25) is 10.0 Å². The highest BCUT2D eigenvalue weighted by Gasteiger charge is 2.43. The molecule has 37 heavy (non-hydrogen) atoms. The molecule has 0 aromatic heterocycles. The maximum Gasteiger partial charge on any atom is 0.267 e. The molecule has 1 amide bonds. The van der Waals surface area contributed by atoms with Gasteiger partial charge in [-0.15, -0.1) is 0 Å². The van der Waals surface area contributed by atoms with Crippen LogP contribution in [0.5, 0.6) is 5.75 Å². The molecular weight excluding hydrogens is 538 g/mol. The smallest absolute Gasteiger partial charge is 0.267 e. The van der Waals surface area contributed by atoms with Crippen LogP contribution in [-0.4, -0.2) is 44.2 Å². The first-order valence-corrected chi connectivity index (χ1v) is 15.3. The topological polar surface area (TPSA) is 75.7 Å². The van der Waals surface area contributed by atoms with Crippen molar-refractivity contribution in [3.05, 3.63) is 62.9 Å². The predicted octanol–water partition coefficient (Wildman–Crippen LogP) is 6.08. The summed E-state index contributed by atoms with van der Waals surface area (Å²) in [5, 5.41) is 1.28. The fourth-order valence-electron chi connectivity index (χ4n) is 6.10. The first-order chi connectivity index (χ1) is 17.5. The first kappa shape index (κ1) is 26.7. The standard InChI is InChI=1S/C27H31Cl2FN2O4S/c1-15(18-9-19(28)11-20(29)10-18)32-21-5-6-22(32)8-16(7-21)14-36-26-13-25(30)24(12-23(26)17-3-4-17)27(33)31-37(2,34)35/h9-13,15-17,21-22H,3-8,14H2,1-2H3,(H,31,33)/t15-,16-,21-,22?/m1/s1. The molecule has 3 fully saturated rings. The second-order valence-corrected chi connectivity index (χ2v) is 13.3. The summed E-state index contributed by atoms with van der Waals surface area (Å²) in [7, 11) is -3.79. The molecular formula is C27H31Cl2FN2O4S. The summed E-state index contributed by atoms with van der Waals surface area (Å²) >= 11 is 12.5. The summed E-state index contributed by atoms with van der Waals surface area (Å²) in [5.41, 5.74) is 1.61. The summed E-state index contributed by atoms with van der Waals surface area (Å²) in [6.45, 7) is 2.68. The summed E-state index contributed by atoms with van der Waals surface area (Å²) in [6.07, 6.45) is 6.98. The number of halogens is 3. The minimum Gasteiger partial charge on any atom is -0.493 e. The van der Waals surface area contributed by atoms with Crippen molar-refractivity contribution >= 4 is 39.1 Å². The summed E-state index contributed by atoms with van der Waals surface area (Å²) in [5.74, 6) is -0.763. The second-order valence-electron chi connectivity index (χ2n) is 10.7. The Balaban J connectivity index is 1.27. The van der Waals surface area contributed by atoms with Gasteiger partial charge in [-0.2, -0.15) is 0 Å². The first-order valence-electron chi connectivity index (χ1n) is 12.7. The molecule has 2 aromatic carbocycles. The number of carbonyl (C=O) groups is 1. The number of piperidine rings is 1. The lowest BCUT2D eigenvalue weighted by atomic mass is 9.89. The van der Waals surface area contributed by atoms with E-state index in [-0.39, 0.29) is 17.5 Å². The van der Waals surface area contributed by atoms with Crippen molar-refractivity contribution in [2.24, 2.45) is 5.92 Å². The van der Waals surface area contributed by atoms with Gasteiger partial charge in [0, 0.05) is 34.2 Å². The Morgan fingerprint density at radius 2 is 1.70 bits per heavy atom. The highest BCUT2D eigenvalue weighted by Crippen LogP contribution is 2.47. The van der Waals surface area contributed by atoms with Gasteiger partial charge in [0.25, 0.3) is 5.91 Å². The minimum atomic E-state index is -3.79. The molecule has 10 heteroatoms. The van der Waals surface area contributed by atoms with E-state index in [9.17, 15) is 17.6 Å². The van der Waals surface area contributed by atoms with E-state index in [1.165, 1.54) is 12.1 Å². The Kier molecular flexibility index (Phi) is 7.48. The van der Waals surface area contributed by atoms with Gasteiger partial charge in [-0.1, -0.05) is 23.2 Å². The van der Waals surface area contributed by atoms with E-state index in [1.807, 2.05) is 16.9 Å². The molecule has 0 spiro atoms. The highest BCUT2D eigenvalue weighted by molar-refractivity contribution is 7.89. The van der Waals surface area contributed by atoms with Crippen molar-refractivity contribution < 1.29 is 22.3 Å². The van der Waals surface area contributed by atoms with E-state index in [2.05, 4.69) is 11.8 Å². The van der Waals surface area contributed by atoms with E-state index in [0.29, 0.717) is 40.4 Å². The monoisotopic (exact) mass is 568 g/mol. The van der Waals surface area contributed by atoms with Gasteiger partial charge < -0.3 is 4.74 Å². The fraction of sp³-hybridized carbons (Fsp3) is 0.519. The van der Waals surface area contributed by atoms with Crippen LogP contribution in [0.3, 0.4) is 0 Å². The molecule has 5 rings (SSSR count). The van der Waals surface area contributed by atoms with Crippen molar-refractivity contribution in [1.82, 2.24) is 9.62 Å². The van der Waals surface area contributed by atoms with Crippen LogP contribution in [0.1, 0.15) is 78.9 Å². The minimum absolute atomic E-state index is 0.198. The van der Waals surface area contributed by atoms with Crippen molar-refractivity contribution in [3.8, 4) is 5.75 Å². The molecule has 2 heterocycles. The van der Waals surface area contributed by atoms with Crippen LogP contribution in [0, 0.1) is 11.7 Å². The molecule has 2 bridgehead atoms. The Hall–Kier alpha value is -1.87. The summed E-state index contributed by atoms with van der Waals surface area (Å²) in [4.78, 5) is 14.9. The third-order valence-electron chi connectivity index (χ3n) is 7.82. The number of fused-ring (bicyclic) bond motifs is 2. The molecule has 2 saturated heterocycles. The molecule has 2 aromatic rings. The Morgan fingerprint density at radius 3 is 2.27 bits per heavy atom. The van der Waals surface area contributed by atoms with Crippen LogP contribution in [0.25, 0.3) is 0 Å². The Labute approximate surface area is 227 Å². The molecule has 1 unspecified atom stereocenters. The normalized spacial score (nSPS) is 24.6. The molecule has 1 saturated carbocycles. The van der Waals surface area contributed by atoms with Crippen molar-refractivity contribution in [3.63, 3.8) is 0 Å². The van der Waals surface area contributed by atoms with E-state index in [0.717, 1.165) is 55.9 Å². The molecule has 1 N–H and O–H groups in total.